The van der Waals surface area contributed by atoms with Gasteiger partial charge in [-0.3, -0.25) is 4.79 Å². The Bertz CT molecular complexity index is 843. The van der Waals surface area contributed by atoms with Crippen LogP contribution < -0.4 is 5.56 Å². The Hall–Kier alpha value is -2.17. The molecule has 0 saturated heterocycles. The van der Waals surface area contributed by atoms with Gasteiger partial charge < -0.3 is 0 Å². The van der Waals surface area contributed by atoms with E-state index in [1.54, 1.807) is 30.5 Å². The summed E-state index contributed by atoms with van der Waals surface area (Å²) < 4.78 is 1.41. The van der Waals surface area contributed by atoms with Crippen LogP contribution in [0, 0.1) is 0 Å². The van der Waals surface area contributed by atoms with Gasteiger partial charge in [-0.1, -0.05) is 35.3 Å². The Morgan fingerprint density at radius 3 is 2.41 bits per heavy atom. The van der Waals surface area contributed by atoms with Crippen LogP contribution in [0.4, 0.5) is 0 Å². The van der Waals surface area contributed by atoms with E-state index in [2.05, 4.69) is 10.1 Å². The van der Waals surface area contributed by atoms with Crippen molar-refractivity contribution in [3.63, 3.8) is 0 Å². The van der Waals surface area contributed by atoms with E-state index in [0.29, 0.717) is 22.4 Å². The summed E-state index contributed by atoms with van der Waals surface area (Å²) in [5.74, 6) is 0. The molecule has 3 aromatic rings. The molecule has 0 amide bonds. The van der Waals surface area contributed by atoms with Gasteiger partial charge in [-0.25, -0.2) is 9.67 Å². The van der Waals surface area contributed by atoms with E-state index < -0.39 is 0 Å². The van der Waals surface area contributed by atoms with Crippen molar-refractivity contribution in [3.05, 3.63) is 80.8 Å². The molecule has 0 aliphatic heterocycles. The predicted molar refractivity (Wildman–Crippen MR) is 87.3 cm³/mol. The van der Waals surface area contributed by atoms with E-state index in [4.69, 9.17) is 23.2 Å². The summed E-state index contributed by atoms with van der Waals surface area (Å²) >= 11 is 11.6. The fraction of sp³-hybridized carbons (Fsp3) is 0.0625. The molecule has 110 valence electrons. The van der Waals surface area contributed by atoms with Crippen LogP contribution in [-0.4, -0.2) is 14.8 Å². The molecule has 0 unspecified atom stereocenters. The van der Waals surface area contributed by atoms with E-state index in [-0.39, 0.29) is 5.56 Å². The Labute approximate surface area is 137 Å². The lowest BCUT2D eigenvalue weighted by molar-refractivity contribution is 0.642. The summed E-state index contributed by atoms with van der Waals surface area (Å²) in [5.41, 5.74) is 2.25. The fourth-order valence-electron chi connectivity index (χ4n) is 2.01. The van der Waals surface area contributed by atoms with E-state index in [1.165, 1.54) is 10.7 Å². The second kappa shape index (κ2) is 6.30. The number of pyridine rings is 1. The van der Waals surface area contributed by atoms with Gasteiger partial charge in [0, 0.05) is 22.8 Å². The summed E-state index contributed by atoms with van der Waals surface area (Å²) in [4.78, 5) is 16.0. The van der Waals surface area contributed by atoms with Gasteiger partial charge >= 0.3 is 0 Å². The smallest absolute Gasteiger partial charge is 0.267 e. The molecule has 0 N–H and O–H groups in total. The summed E-state index contributed by atoms with van der Waals surface area (Å²) in [7, 11) is 0. The van der Waals surface area contributed by atoms with Crippen LogP contribution in [0.5, 0.6) is 0 Å². The minimum Gasteiger partial charge on any atom is -0.268 e. The van der Waals surface area contributed by atoms with Gasteiger partial charge in [-0.2, -0.15) is 5.10 Å². The molecule has 0 radical (unpaired) electrons. The van der Waals surface area contributed by atoms with Crippen LogP contribution in [-0.2, 0) is 6.54 Å². The second-order valence-electron chi connectivity index (χ2n) is 4.71. The SMILES string of the molecule is O=c1ccc(-c2ccc(Cl)nc2)nn1Cc1ccc(Cl)cc1. The van der Waals surface area contributed by atoms with Gasteiger partial charge in [0.25, 0.3) is 5.56 Å². The Morgan fingerprint density at radius 2 is 1.73 bits per heavy atom. The minimum absolute atomic E-state index is 0.166. The third kappa shape index (κ3) is 3.35. The number of hydrogen-bond donors (Lipinski definition) is 0. The molecule has 0 bridgehead atoms. The maximum Gasteiger partial charge on any atom is 0.267 e. The number of nitrogens with zero attached hydrogens (tertiary/aromatic N) is 3. The number of aromatic nitrogens is 3. The molecule has 2 heterocycles. The molecular formula is C16H11Cl2N3O. The van der Waals surface area contributed by atoms with Crippen molar-refractivity contribution < 1.29 is 0 Å². The summed E-state index contributed by atoms with van der Waals surface area (Å²) in [6, 6.07) is 14.0. The number of rotatable bonds is 3. The van der Waals surface area contributed by atoms with Crippen molar-refractivity contribution >= 4 is 23.2 Å². The van der Waals surface area contributed by atoms with Crippen molar-refractivity contribution in [2.45, 2.75) is 6.54 Å². The third-order valence-corrected chi connectivity index (χ3v) is 3.61. The molecule has 0 aliphatic carbocycles. The molecule has 0 aliphatic rings. The Morgan fingerprint density at radius 1 is 0.955 bits per heavy atom. The zero-order valence-corrected chi connectivity index (χ0v) is 12.9. The summed E-state index contributed by atoms with van der Waals surface area (Å²) in [5, 5.41) is 5.45. The van der Waals surface area contributed by atoms with E-state index in [1.807, 2.05) is 18.2 Å². The van der Waals surface area contributed by atoms with Crippen LogP contribution in [0.25, 0.3) is 11.3 Å². The average molecular weight is 332 g/mol. The van der Waals surface area contributed by atoms with Crippen molar-refractivity contribution in [3.8, 4) is 11.3 Å². The third-order valence-electron chi connectivity index (χ3n) is 3.14. The first-order chi connectivity index (χ1) is 10.6. The molecule has 4 nitrogen and oxygen atoms in total. The molecule has 0 saturated carbocycles. The summed E-state index contributed by atoms with van der Waals surface area (Å²) in [6.07, 6.45) is 1.63. The highest BCUT2D eigenvalue weighted by Gasteiger charge is 2.05. The van der Waals surface area contributed by atoms with Crippen LogP contribution >= 0.6 is 23.2 Å². The maximum atomic E-state index is 12.0. The van der Waals surface area contributed by atoms with Crippen LogP contribution in [0.1, 0.15) is 5.56 Å². The quantitative estimate of drug-likeness (QED) is 0.688. The second-order valence-corrected chi connectivity index (χ2v) is 5.53. The molecule has 22 heavy (non-hydrogen) atoms. The van der Waals surface area contributed by atoms with Gasteiger partial charge in [-0.15, -0.1) is 0 Å². The zero-order chi connectivity index (χ0) is 15.5. The van der Waals surface area contributed by atoms with Gasteiger partial charge in [-0.05, 0) is 35.9 Å². The first kappa shape index (κ1) is 14.8. The highest BCUT2D eigenvalue weighted by atomic mass is 35.5. The molecular weight excluding hydrogens is 321 g/mol. The van der Waals surface area contributed by atoms with Gasteiger partial charge in [0.15, 0.2) is 0 Å². The average Bonchev–Trinajstić information content (AvgIpc) is 2.52. The molecule has 2 aromatic heterocycles. The van der Waals surface area contributed by atoms with Gasteiger partial charge in [0.2, 0.25) is 0 Å². The lowest BCUT2D eigenvalue weighted by Gasteiger charge is -2.07. The maximum absolute atomic E-state index is 12.0. The van der Waals surface area contributed by atoms with Crippen molar-refractivity contribution in [1.82, 2.24) is 14.8 Å². The number of halogens is 2. The highest BCUT2D eigenvalue weighted by molar-refractivity contribution is 6.30. The van der Waals surface area contributed by atoms with Crippen molar-refractivity contribution in [2.75, 3.05) is 0 Å². The van der Waals surface area contributed by atoms with Crippen LogP contribution in [0.2, 0.25) is 10.2 Å². The predicted octanol–water partition coefficient (Wildman–Crippen LogP) is 3.66. The number of hydrogen-bond acceptors (Lipinski definition) is 3. The summed E-state index contributed by atoms with van der Waals surface area (Å²) in [6.45, 7) is 0.380. The highest BCUT2D eigenvalue weighted by Crippen LogP contribution is 2.16. The van der Waals surface area contributed by atoms with Crippen LogP contribution in [0.3, 0.4) is 0 Å². The van der Waals surface area contributed by atoms with Crippen molar-refractivity contribution in [1.29, 1.82) is 0 Å². The Kier molecular flexibility index (Phi) is 4.22. The number of benzene rings is 1. The van der Waals surface area contributed by atoms with Crippen LogP contribution in [0.15, 0.2) is 59.5 Å². The molecule has 6 heteroatoms. The van der Waals surface area contributed by atoms with E-state index in [9.17, 15) is 4.79 Å². The lowest BCUT2D eigenvalue weighted by Crippen LogP contribution is -2.22. The van der Waals surface area contributed by atoms with E-state index in [0.717, 1.165) is 11.1 Å². The first-order valence-corrected chi connectivity index (χ1v) is 7.32. The first-order valence-electron chi connectivity index (χ1n) is 6.56. The molecule has 0 atom stereocenters. The topological polar surface area (TPSA) is 47.8 Å². The standard InChI is InChI=1S/C16H11Cl2N3O/c17-13-4-1-11(2-5-13)10-21-16(22)8-6-14(20-21)12-3-7-15(18)19-9-12/h1-9H,10H2. The van der Waals surface area contributed by atoms with Gasteiger partial charge in [0.1, 0.15) is 5.15 Å². The molecule has 3 rings (SSSR count). The van der Waals surface area contributed by atoms with Gasteiger partial charge in [0.05, 0.1) is 12.2 Å². The molecule has 0 fully saturated rings. The molecule has 0 spiro atoms. The van der Waals surface area contributed by atoms with E-state index >= 15 is 0 Å². The Balaban J connectivity index is 1.94. The minimum atomic E-state index is -0.166. The largest absolute Gasteiger partial charge is 0.268 e. The monoisotopic (exact) mass is 331 g/mol. The molecule has 1 aromatic carbocycles. The zero-order valence-electron chi connectivity index (χ0n) is 11.4. The fourth-order valence-corrected chi connectivity index (χ4v) is 2.24. The van der Waals surface area contributed by atoms with Crippen molar-refractivity contribution in [2.24, 2.45) is 0 Å². The normalized spacial score (nSPS) is 10.6. The lowest BCUT2D eigenvalue weighted by atomic mass is 10.2.